The van der Waals surface area contributed by atoms with Crippen LogP contribution in [0, 0.1) is 6.92 Å². The van der Waals surface area contributed by atoms with E-state index in [9.17, 15) is 4.79 Å². The number of aryl methyl sites for hydroxylation is 1. The van der Waals surface area contributed by atoms with Gasteiger partial charge in [0, 0.05) is 23.5 Å². The van der Waals surface area contributed by atoms with Crippen molar-refractivity contribution < 1.29 is 4.79 Å². The number of anilines is 1. The first-order chi connectivity index (χ1) is 11.7. The molecule has 24 heavy (non-hydrogen) atoms. The highest BCUT2D eigenvalue weighted by atomic mass is 16.1. The lowest BCUT2D eigenvalue weighted by Crippen LogP contribution is -1.97. The molecule has 0 fully saturated rings. The van der Waals surface area contributed by atoms with Gasteiger partial charge in [-0.3, -0.25) is 4.79 Å². The number of carbonyl (C=O) groups excluding carboxylic acids is 1. The van der Waals surface area contributed by atoms with Gasteiger partial charge in [-0.1, -0.05) is 72.8 Å². The third kappa shape index (κ3) is 3.79. The van der Waals surface area contributed by atoms with Crippen molar-refractivity contribution in [1.82, 2.24) is 0 Å². The van der Waals surface area contributed by atoms with Gasteiger partial charge in [0.15, 0.2) is 5.78 Å². The van der Waals surface area contributed by atoms with E-state index in [-0.39, 0.29) is 5.78 Å². The summed E-state index contributed by atoms with van der Waals surface area (Å²) in [5.74, 6) is -0.0179. The predicted molar refractivity (Wildman–Crippen MR) is 100 cm³/mol. The Labute approximate surface area is 142 Å². The van der Waals surface area contributed by atoms with Gasteiger partial charge in [0.25, 0.3) is 0 Å². The smallest absolute Gasteiger partial charge is 0.187 e. The highest BCUT2D eigenvalue weighted by molar-refractivity contribution is 6.04. The molecule has 0 bridgehead atoms. The highest BCUT2D eigenvalue weighted by Gasteiger charge is 2.03. The van der Waals surface area contributed by atoms with Crippen molar-refractivity contribution in [3.05, 3.63) is 102 Å². The Balaban J connectivity index is 1.67. The van der Waals surface area contributed by atoms with Crippen LogP contribution in [0.3, 0.4) is 0 Å². The summed E-state index contributed by atoms with van der Waals surface area (Å²) in [5.41, 5.74) is 5.07. The summed E-state index contributed by atoms with van der Waals surface area (Å²) in [6, 6.07) is 25.8. The molecule has 0 spiro atoms. The van der Waals surface area contributed by atoms with Crippen molar-refractivity contribution >= 4 is 11.5 Å². The molecule has 2 nitrogen and oxygen atoms in total. The van der Waals surface area contributed by atoms with E-state index < -0.39 is 0 Å². The van der Waals surface area contributed by atoms with Crippen LogP contribution in [0.1, 0.15) is 15.9 Å². The molecular weight excluding hydrogens is 294 g/mol. The second kappa shape index (κ2) is 7.42. The third-order valence-electron chi connectivity index (χ3n) is 3.90. The van der Waals surface area contributed by atoms with Crippen molar-refractivity contribution in [1.29, 1.82) is 0 Å². The van der Waals surface area contributed by atoms with Crippen LogP contribution in [0.5, 0.6) is 0 Å². The van der Waals surface area contributed by atoms with Crippen LogP contribution in [-0.2, 0) is 0 Å². The van der Waals surface area contributed by atoms with E-state index >= 15 is 0 Å². The van der Waals surface area contributed by atoms with E-state index in [1.165, 1.54) is 0 Å². The van der Waals surface area contributed by atoms with Crippen molar-refractivity contribution in [2.75, 3.05) is 5.32 Å². The van der Waals surface area contributed by atoms with Crippen LogP contribution in [-0.4, -0.2) is 5.78 Å². The van der Waals surface area contributed by atoms with Crippen LogP contribution in [0.25, 0.3) is 11.1 Å². The van der Waals surface area contributed by atoms with Gasteiger partial charge in [0.1, 0.15) is 0 Å². The predicted octanol–water partition coefficient (Wildman–Crippen LogP) is 5.47. The molecule has 0 unspecified atom stereocenters. The van der Waals surface area contributed by atoms with Gasteiger partial charge in [-0.05, 0) is 29.7 Å². The number of carbonyl (C=O) groups is 1. The number of hydrogen-bond donors (Lipinski definition) is 1. The number of ketones is 1. The number of para-hydroxylation sites is 1. The minimum Gasteiger partial charge on any atom is -0.361 e. The number of allylic oxidation sites excluding steroid dienone is 1. The molecule has 118 valence electrons. The fourth-order valence-electron chi connectivity index (χ4n) is 2.50. The van der Waals surface area contributed by atoms with Crippen LogP contribution >= 0.6 is 0 Å². The zero-order valence-corrected chi connectivity index (χ0v) is 13.6. The van der Waals surface area contributed by atoms with Gasteiger partial charge < -0.3 is 5.32 Å². The fraction of sp³-hybridized carbons (Fsp3) is 0.0455. The standard InChI is InChI=1S/C22H19NO/c1-17-7-5-6-10-21(17)23-16-15-22(24)20-13-11-19(12-14-20)18-8-3-2-4-9-18/h2-16,23H,1H3/b16-15+. The minimum atomic E-state index is -0.0179. The Morgan fingerprint density at radius 1 is 0.792 bits per heavy atom. The molecule has 0 amide bonds. The molecule has 0 aliphatic carbocycles. The normalized spacial score (nSPS) is 10.7. The molecule has 0 saturated carbocycles. The lowest BCUT2D eigenvalue weighted by Gasteiger charge is -2.04. The molecule has 0 radical (unpaired) electrons. The topological polar surface area (TPSA) is 29.1 Å². The summed E-state index contributed by atoms with van der Waals surface area (Å²) in [4.78, 5) is 12.2. The van der Waals surface area contributed by atoms with Crippen LogP contribution in [0.15, 0.2) is 91.1 Å². The molecule has 2 heteroatoms. The zero-order chi connectivity index (χ0) is 16.8. The summed E-state index contributed by atoms with van der Waals surface area (Å²) in [7, 11) is 0. The lowest BCUT2D eigenvalue weighted by atomic mass is 10.0. The molecular formula is C22H19NO. The van der Waals surface area contributed by atoms with E-state index in [1.54, 1.807) is 12.3 Å². The molecule has 0 saturated heterocycles. The Hall–Kier alpha value is -3.13. The number of benzene rings is 3. The third-order valence-corrected chi connectivity index (χ3v) is 3.90. The molecule has 0 atom stereocenters. The van der Waals surface area contributed by atoms with E-state index in [2.05, 4.69) is 17.4 Å². The van der Waals surface area contributed by atoms with Gasteiger partial charge in [0.2, 0.25) is 0 Å². The summed E-state index contributed by atoms with van der Waals surface area (Å²) in [6.07, 6.45) is 3.25. The van der Waals surface area contributed by atoms with Gasteiger partial charge in [-0.15, -0.1) is 0 Å². The summed E-state index contributed by atoms with van der Waals surface area (Å²) < 4.78 is 0. The molecule has 1 N–H and O–H groups in total. The lowest BCUT2D eigenvalue weighted by molar-refractivity contribution is 0.104. The van der Waals surface area contributed by atoms with Crippen molar-refractivity contribution in [2.24, 2.45) is 0 Å². The minimum absolute atomic E-state index is 0.0179. The van der Waals surface area contributed by atoms with E-state index in [0.29, 0.717) is 5.56 Å². The molecule has 3 rings (SSSR count). The first-order valence-corrected chi connectivity index (χ1v) is 7.92. The second-order valence-corrected chi connectivity index (χ2v) is 5.60. The Morgan fingerprint density at radius 2 is 1.42 bits per heavy atom. The largest absolute Gasteiger partial charge is 0.361 e. The van der Waals surface area contributed by atoms with Crippen molar-refractivity contribution in [2.45, 2.75) is 6.92 Å². The summed E-state index contributed by atoms with van der Waals surface area (Å²) in [5, 5.41) is 3.15. The van der Waals surface area contributed by atoms with Gasteiger partial charge in [-0.25, -0.2) is 0 Å². The average molecular weight is 313 g/mol. The van der Waals surface area contributed by atoms with Crippen LogP contribution < -0.4 is 5.32 Å². The molecule has 0 heterocycles. The Bertz CT molecular complexity index is 849. The van der Waals surface area contributed by atoms with E-state index in [1.807, 2.05) is 73.7 Å². The maximum atomic E-state index is 12.2. The Kier molecular flexibility index (Phi) is 4.87. The first-order valence-electron chi connectivity index (χ1n) is 7.92. The van der Waals surface area contributed by atoms with Crippen LogP contribution in [0.4, 0.5) is 5.69 Å². The average Bonchev–Trinajstić information content (AvgIpc) is 2.64. The fourth-order valence-corrected chi connectivity index (χ4v) is 2.50. The molecule has 3 aromatic rings. The zero-order valence-electron chi connectivity index (χ0n) is 13.6. The highest BCUT2D eigenvalue weighted by Crippen LogP contribution is 2.19. The number of nitrogens with one attached hydrogen (secondary N) is 1. The van der Waals surface area contributed by atoms with Gasteiger partial charge in [0.05, 0.1) is 0 Å². The maximum absolute atomic E-state index is 12.2. The summed E-state index contributed by atoms with van der Waals surface area (Å²) in [6.45, 7) is 2.03. The molecule has 3 aromatic carbocycles. The van der Waals surface area contributed by atoms with Crippen LogP contribution in [0.2, 0.25) is 0 Å². The van der Waals surface area contributed by atoms with Gasteiger partial charge in [-0.2, -0.15) is 0 Å². The molecule has 0 aromatic heterocycles. The van der Waals surface area contributed by atoms with E-state index in [4.69, 9.17) is 0 Å². The van der Waals surface area contributed by atoms with E-state index in [0.717, 1.165) is 22.4 Å². The molecule has 0 aliphatic heterocycles. The SMILES string of the molecule is Cc1ccccc1N/C=C/C(=O)c1ccc(-c2ccccc2)cc1. The first kappa shape index (κ1) is 15.8. The Morgan fingerprint density at radius 3 is 2.12 bits per heavy atom. The maximum Gasteiger partial charge on any atom is 0.187 e. The quantitative estimate of drug-likeness (QED) is 0.500. The number of hydrogen-bond acceptors (Lipinski definition) is 2. The monoisotopic (exact) mass is 313 g/mol. The molecule has 0 aliphatic rings. The second-order valence-electron chi connectivity index (χ2n) is 5.60. The van der Waals surface area contributed by atoms with Gasteiger partial charge >= 0.3 is 0 Å². The number of rotatable bonds is 5. The van der Waals surface area contributed by atoms with Crippen molar-refractivity contribution in [3.63, 3.8) is 0 Å². The van der Waals surface area contributed by atoms with Crippen molar-refractivity contribution in [3.8, 4) is 11.1 Å². The summed E-state index contributed by atoms with van der Waals surface area (Å²) >= 11 is 0.